The summed E-state index contributed by atoms with van der Waals surface area (Å²) in [4.78, 5) is 46.2. The topological polar surface area (TPSA) is 111 Å². The minimum atomic E-state index is -0.716. The van der Waals surface area contributed by atoms with Crippen molar-refractivity contribution in [3.63, 3.8) is 0 Å². The minimum Gasteiger partial charge on any atom is -0.461 e. The molecule has 1 aliphatic carbocycles. The van der Waals surface area contributed by atoms with Crippen LogP contribution < -0.4 is 10.9 Å². The zero-order valence-electron chi connectivity index (χ0n) is 13.9. The second-order valence-electron chi connectivity index (χ2n) is 6.49. The Morgan fingerprint density at radius 3 is 2.52 bits per heavy atom. The van der Waals surface area contributed by atoms with E-state index in [-0.39, 0.29) is 37.4 Å². The Bertz CT molecular complexity index is 483. The Balaban J connectivity index is 2.31. The number of amides is 1. The lowest BCUT2D eigenvalue weighted by Crippen LogP contribution is -2.44. The van der Waals surface area contributed by atoms with Gasteiger partial charge < -0.3 is 9.47 Å². The molecule has 2 N–H and O–H groups in total. The molecular formula is C15H24N2O6. The molecule has 23 heavy (non-hydrogen) atoms. The second-order valence-corrected chi connectivity index (χ2v) is 6.49. The Labute approximate surface area is 135 Å². The number of carbonyl (C=O) groups excluding carboxylic acids is 4. The van der Waals surface area contributed by atoms with E-state index < -0.39 is 29.7 Å². The molecule has 8 heteroatoms. The van der Waals surface area contributed by atoms with Crippen molar-refractivity contribution in [2.45, 2.75) is 58.7 Å². The van der Waals surface area contributed by atoms with Crippen LogP contribution in [0.25, 0.3) is 0 Å². The Hall–Kier alpha value is -1.96. The fourth-order valence-electron chi connectivity index (χ4n) is 2.16. The fraction of sp³-hybridized carbons (Fsp3) is 0.733. The Morgan fingerprint density at radius 1 is 1.26 bits per heavy atom. The highest BCUT2D eigenvalue weighted by Gasteiger charge is 2.33. The number of hydrogen-bond acceptors (Lipinski definition) is 7. The monoisotopic (exact) mass is 328 g/mol. The van der Waals surface area contributed by atoms with Gasteiger partial charge in [-0.25, -0.2) is 10.2 Å². The normalized spacial score (nSPS) is 19.9. The molecule has 0 aromatic rings. The molecule has 130 valence electrons. The van der Waals surface area contributed by atoms with Crippen molar-refractivity contribution < 1.29 is 28.7 Å². The molecule has 1 amide bonds. The molecule has 8 nitrogen and oxygen atoms in total. The maximum absolute atomic E-state index is 11.8. The van der Waals surface area contributed by atoms with Gasteiger partial charge in [-0.3, -0.25) is 19.8 Å². The maximum atomic E-state index is 11.8. The number of esters is 1. The first kappa shape index (κ1) is 19.1. The zero-order chi connectivity index (χ0) is 17.6. The van der Waals surface area contributed by atoms with Gasteiger partial charge >= 0.3 is 12.1 Å². The van der Waals surface area contributed by atoms with Crippen LogP contribution in [0.15, 0.2) is 0 Å². The van der Waals surface area contributed by atoms with Crippen molar-refractivity contribution in [2.75, 3.05) is 6.54 Å². The quantitative estimate of drug-likeness (QED) is 0.569. The summed E-state index contributed by atoms with van der Waals surface area (Å²) in [6, 6.07) is 0. The number of nitrogens with one attached hydrogen (secondary N) is 2. The SMILES string of the molecule is CC(OC(=O)CNNC(=O)OC(C)(C)C)C1CC(=O)CCC1=O. The van der Waals surface area contributed by atoms with Gasteiger partial charge in [-0.15, -0.1) is 0 Å². The fourth-order valence-corrected chi connectivity index (χ4v) is 2.16. The van der Waals surface area contributed by atoms with Crippen LogP contribution in [-0.2, 0) is 23.9 Å². The van der Waals surface area contributed by atoms with Gasteiger partial charge in [0.2, 0.25) is 0 Å². The molecule has 0 bridgehead atoms. The van der Waals surface area contributed by atoms with Gasteiger partial charge in [-0.2, -0.15) is 0 Å². The molecule has 2 atom stereocenters. The third kappa shape index (κ3) is 7.23. The molecule has 0 aliphatic heterocycles. The van der Waals surface area contributed by atoms with Crippen molar-refractivity contribution >= 4 is 23.6 Å². The molecule has 1 aliphatic rings. The number of hydrogen-bond donors (Lipinski definition) is 2. The molecule has 0 heterocycles. The maximum Gasteiger partial charge on any atom is 0.422 e. The molecule has 1 saturated carbocycles. The first-order valence-electron chi connectivity index (χ1n) is 7.54. The van der Waals surface area contributed by atoms with E-state index in [4.69, 9.17) is 9.47 Å². The van der Waals surface area contributed by atoms with Crippen LogP contribution in [-0.4, -0.2) is 41.9 Å². The van der Waals surface area contributed by atoms with Crippen molar-refractivity contribution in [1.29, 1.82) is 0 Å². The van der Waals surface area contributed by atoms with E-state index in [0.29, 0.717) is 0 Å². The van der Waals surface area contributed by atoms with Gasteiger partial charge in [0.25, 0.3) is 0 Å². The third-order valence-electron chi connectivity index (χ3n) is 3.22. The number of hydrazine groups is 1. The highest BCUT2D eigenvalue weighted by molar-refractivity contribution is 5.95. The summed E-state index contributed by atoms with van der Waals surface area (Å²) in [5, 5.41) is 0. The van der Waals surface area contributed by atoms with Crippen LogP contribution in [0.4, 0.5) is 4.79 Å². The van der Waals surface area contributed by atoms with Crippen LogP contribution in [0, 0.1) is 5.92 Å². The van der Waals surface area contributed by atoms with Crippen LogP contribution in [0.1, 0.15) is 47.0 Å². The Morgan fingerprint density at radius 2 is 1.91 bits per heavy atom. The zero-order valence-corrected chi connectivity index (χ0v) is 13.9. The number of ether oxygens (including phenoxy) is 2. The predicted octanol–water partition coefficient (Wildman–Crippen LogP) is 0.886. The highest BCUT2D eigenvalue weighted by Crippen LogP contribution is 2.23. The molecule has 0 saturated heterocycles. The first-order valence-corrected chi connectivity index (χ1v) is 7.54. The summed E-state index contributed by atoms with van der Waals surface area (Å²) in [7, 11) is 0. The van der Waals surface area contributed by atoms with Crippen LogP contribution >= 0.6 is 0 Å². The van der Waals surface area contributed by atoms with Crippen molar-refractivity contribution in [1.82, 2.24) is 10.9 Å². The second kappa shape index (κ2) is 8.05. The number of ketones is 2. The van der Waals surface area contributed by atoms with Gasteiger partial charge in [-0.1, -0.05) is 0 Å². The van der Waals surface area contributed by atoms with Gasteiger partial charge in [0, 0.05) is 19.3 Å². The van der Waals surface area contributed by atoms with Gasteiger partial charge in [-0.05, 0) is 27.7 Å². The molecule has 0 aromatic carbocycles. The number of Topliss-reactive ketones (excluding diaryl/α,β-unsaturated/α-hetero) is 2. The van der Waals surface area contributed by atoms with Gasteiger partial charge in [0.1, 0.15) is 29.8 Å². The summed E-state index contributed by atoms with van der Waals surface area (Å²) in [5.41, 5.74) is 3.95. The summed E-state index contributed by atoms with van der Waals surface area (Å²) < 4.78 is 10.1. The largest absolute Gasteiger partial charge is 0.461 e. The van der Waals surface area contributed by atoms with E-state index in [0.717, 1.165) is 0 Å². The van der Waals surface area contributed by atoms with Crippen LogP contribution in [0.5, 0.6) is 0 Å². The summed E-state index contributed by atoms with van der Waals surface area (Å²) in [6.45, 7) is 6.44. The lowest BCUT2D eigenvalue weighted by Gasteiger charge is -2.25. The van der Waals surface area contributed by atoms with Crippen LogP contribution in [0.3, 0.4) is 0 Å². The molecule has 1 fully saturated rings. The molecule has 2 unspecified atom stereocenters. The van der Waals surface area contributed by atoms with Crippen molar-refractivity contribution in [2.24, 2.45) is 5.92 Å². The van der Waals surface area contributed by atoms with Gasteiger partial charge in [0.05, 0.1) is 5.92 Å². The summed E-state index contributed by atoms with van der Waals surface area (Å²) in [5.74, 6) is -1.29. The molecule has 1 rings (SSSR count). The van der Waals surface area contributed by atoms with Crippen molar-refractivity contribution in [3.8, 4) is 0 Å². The molecule has 0 aromatic heterocycles. The third-order valence-corrected chi connectivity index (χ3v) is 3.22. The van der Waals surface area contributed by atoms with E-state index >= 15 is 0 Å². The highest BCUT2D eigenvalue weighted by atomic mass is 16.6. The van der Waals surface area contributed by atoms with E-state index in [1.165, 1.54) is 0 Å². The standard InChI is InChI=1S/C15H24N2O6/c1-9(11-7-10(18)5-6-12(11)19)22-13(20)8-16-17-14(21)23-15(2,3)4/h9,11,16H,5-8H2,1-4H3,(H,17,21). The average Bonchev–Trinajstić information content (AvgIpc) is 2.39. The molecule has 0 radical (unpaired) electrons. The lowest BCUT2D eigenvalue weighted by molar-refractivity contribution is -0.154. The van der Waals surface area contributed by atoms with E-state index in [1.807, 2.05) is 0 Å². The molecule has 0 spiro atoms. The summed E-state index contributed by atoms with van der Waals surface area (Å²) >= 11 is 0. The number of carbonyl (C=O) groups is 4. The van der Waals surface area contributed by atoms with Crippen molar-refractivity contribution in [3.05, 3.63) is 0 Å². The lowest BCUT2D eigenvalue weighted by atomic mass is 9.84. The number of rotatable bonds is 5. The Kier molecular flexibility index (Phi) is 6.68. The van der Waals surface area contributed by atoms with Gasteiger partial charge in [0.15, 0.2) is 0 Å². The van der Waals surface area contributed by atoms with E-state index in [1.54, 1.807) is 27.7 Å². The minimum absolute atomic E-state index is 0.00205. The van der Waals surface area contributed by atoms with E-state index in [9.17, 15) is 19.2 Å². The van der Waals surface area contributed by atoms with E-state index in [2.05, 4.69) is 10.9 Å². The molecular weight excluding hydrogens is 304 g/mol. The smallest absolute Gasteiger partial charge is 0.422 e. The summed E-state index contributed by atoms with van der Waals surface area (Å²) in [6.07, 6.45) is -0.827. The average molecular weight is 328 g/mol. The van der Waals surface area contributed by atoms with Crippen LogP contribution in [0.2, 0.25) is 0 Å². The first-order chi connectivity index (χ1) is 10.6. The predicted molar refractivity (Wildman–Crippen MR) is 80.3 cm³/mol.